The molecule has 0 aliphatic heterocycles. The van der Waals surface area contributed by atoms with Gasteiger partial charge < -0.3 is 27.7 Å². The minimum absolute atomic E-state index is 0. The Hall–Kier alpha value is 2.17. The topological polar surface area (TPSA) is 46.1 Å². The van der Waals surface area contributed by atoms with Crippen molar-refractivity contribution in [2.24, 2.45) is 0 Å². The predicted molar refractivity (Wildman–Crippen MR) is 41.4 cm³/mol. The summed E-state index contributed by atoms with van der Waals surface area (Å²) in [5.74, 6) is 0. The summed E-state index contributed by atoms with van der Waals surface area (Å²) in [4.78, 5) is 18.6. The predicted octanol–water partition coefficient (Wildman–Crippen LogP) is 0.228. The van der Waals surface area contributed by atoms with E-state index in [0.29, 0.717) is 0 Å². The maximum atomic E-state index is 9.29. The molecule has 0 aliphatic rings. The van der Waals surface area contributed by atoms with Gasteiger partial charge in [0.25, 0.3) is 0 Å². The molecule has 11 heavy (non-hydrogen) atoms. The Morgan fingerprint density at radius 3 is 1.82 bits per heavy atom. The van der Waals surface area contributed by atoms with E-state index in [9.17, 15) is 9.79 Å². The van der Waals surface area contributed by atoms with Crippen LogP contribution in [0, 0.1) is 0 Å². The molecule has 0 bridgehead atoms. The first-order chi connectivity index (χ1) is 4.41. The van der Waals surface area contributed by atoms with Crippen LogP contribution in [0.15, 0.2) is 0 Å². The Morgan fingerprint density at radius 2 is 1.82 bits per heavy atom. The molecule has 0 aliphatic carbocycles. The zero-order chi connectivity index (χ0) is 8.62. The van der Waals surface area contributed by atoms with Gasteiger partial charge in [-0.15, -0.1) is 0 Å². The van der Waals surface area contributed by atoms with Crippen molar-refractivity contribution in [1.82, 2.24) is 0 Å². The molecule has 0 atom stereocenters. The molecule has 58 valence electrons. The molecule has 0 unspecified atom stereocenters. The van der Waals surface area contributed by atoms with Crippen LogP contribution in [-0.2, 0) is 61.8 Å². The van der Waals surface area contributed by atoms with E-state index >= 15 is 0 Å². The Morgan fingerprint density at radius 1 is 1.55 bits per heavy atom. The largest absolute Gasteiger partial charge is 2.00 e. The first-order valence-corrected chi connectivity index (χ1v) is 8.69. The zero-order valence-electron chi connectivity index (χ0n) is 6.62. The van der Waals surface area contributed by atoms with Crippen LogP contribution in [-0.4, -0.2) is 0 Å². The van der Waals surface area contributed by atoms with Crippen molar-refractivity contribution in [1.29, 1.82) is 0 Å². The molecule has 0 aromatic rings. The van der Waals surface area contributed by atoms with E-state index in [1.54, 1.807) is 0 Å². The van der Waals surface area contributed by atoms with Gasteiger partial charge in [-0.05, 0) is 0 Å². The molecule has 0 heterocycles. The van der Waals surface area contributed by atoms with Gasteiger partial charge in [0.1, 0.15) is 0 Å². The second-order valence-corrected chi connectivity index (χ2v) is 7.61. The summed E-state index contributed by atoms with van der Waals surface area (Å²) < 4.78 is 0. The third kappa shape index (κ3) is 72.4. The molecule has 7 heteroatoms. The van der Waals surface area contributed by atoms with Gasteiger partial charge in [0.05, 0.1) is 0 Å². The number of hydrogen-bond acceptors (Lipinski definition) is 4. The van der Waals surface area contributed by atoms with Crippen LogP contribution in [0.2, 0.25) is 5.02 Å². The van der Waals surface area contributed by atoms with Gasteiger partial charge in [0, 0.05) is 0 Å². The Kier molecular flexibility index (Phi) is 20.9. The van der Waals surface area contributed by atoms with E-state index in [0.717, 1.165) is 0 Å². The molecular weight excluding hydrogens is 306 g/mol. The van der Waals surface area contributed by atoms with Crippen molar-refractivity contribution >= 4 is 29.7 Å². The monoisotopic (exact) mass is 312 g/mol. The van der Waals surface area contributed by atoms with E-state index < -0.39 is 5.69 Å². The Labute approximate surface area is 101 Å². The van der Waals surface area contributed by atoms with Gasteiger partial charge in [-0.25, -0.2) is 0 Å². The van der Waals surface area contributed by atoms with Gasteiger partial charge in [0.15, 0.2) is 0 Å². The minimum Gasteiger partial charge on any atom is -0.850 e. The average Bonchev–Trinajstić information content (AvgIpc) is 1.63. The summed E-state index contributed by atoms with van der Waals surface area (Å²) >= 11 is 8.76. The number of unbranched alkanes of at least 4 members (excludes halogenated alkanes) is 1. The quantitative estimate of drug-likeness (QED) is 0.416. The summed E-state index contributed by atoms with van der Waals surface area (Å²) in [5, 5.41) is 1.47. The smallest absolute Gasteiger partial charge is 0.850 e. The second kappa shape index (κ2) is 12.2. The molecule has 0 N–H and O–H groups in total. The van der Waals surface area contributed by atoms with E-state index in [2.05, 4.69) is 31.0 Å². The molecule has 2 nitrogen and oxygen atoms in total. The van der Waals surface area contributed by atoms with Crippen LogP contribution in [0.1, 0.15) is 19.8 Å². The fourth-order valence-electron chi connectivity index (χ4n) is 0.250. The van der Waals surface area contributed by atoms with E-state index in [4.69, 9.17) is 0 Å². The minimum atomic E-state index is -3.72. The van der Waals surface area contributed by atoms with Crippen molar-refractivity contribution in [3.05, 3.63) is 0 Å². The van der Waals surface area contributed by atoms with Crippen molar-refractivity contribution in [3.8, 4) is 0 Å². The van der Waals surface area contributed by atoms with Crippen LogP contribution in [0.5, 0.6) is 0 Å². The summed E-state index contributed by atoms with van der Waals surface area (Å²) in [6, 6.07) is 0. The third-order valence-corrected chi connectivity index (χ3v) is 1.65. The maximum Gasteiger partial charge on any atom is 2.00 e. The maximum absolute atomic E-state index is 9.29. The summed E-state index contributed by atoms with van der Waals surface area (Å²) in [5.41, 5.74) is -3.72. The second-order valence-electron chi connectivity index (χ2n) is 1.65. The van der Waals surface area contributed by atoms with Crippen molar-refractivity contribution in [3.63, 3.8) is 0 Å². The Balaban J connectivity index is -0.000000107. The summed E-state index contributed by atoms with van der Waals surface area (Å²) in [6.45, 7) is 2.23. The van der Waals surface area contributed by atoms with Crippen LogP contribution in [0.25, 0.3) is 0 Å². The van der Waals surface area contributed by atoms with Gasteiger partial charge in [-0.3, -0.25) is 0 Å². The summed E-state index contributed by atoms with van der Waals surface area (Å²) in [6.07, 6.45) is 2.82. The molecule has 0 saturated carbocycles. The van der Waals surface area contributed by atoms with Gasteiger partial charge in [-0.2, -0.15) is 11.8 Å². The van der Waals surface area contributed by atoms with Crippen molar-refractivity contribution < 1.29 is 47.6 Å². The molecule has 0 rings (SSSR count). The fraction of sp³-hybridized carbons (Fsp3) is 1.00. The van der Waals surface area contributed by atoms with Gasteiger partial charge in [-0.1, -0.05) is 0 Å². The molecule has 0 fully saturated rings. The van der Waals surface area contributed by atoms with Gasteiger partial charge >= 0.3 is 62.6 Å². The zero-order valence-corrected chi connectivity index (χ0v) is 15.1. The van der Waals surface area contributed by atoms with Crippen molar-refractivity contribution in [2.45, 2.75) is 24.8 Å². The standard InChI is InChI=1S/C4H9.H3O2PS2.2Zn/c1-3-4-2;1-3(2,4)5;;/h1,3-4H2,2H3;(H3,1,2,4,5);;/q;;+1;+2/p-3. The van der Waals surface area contributed by atoms with Crippen LogP contribution >= 0.6 is 5.69 Å². The fourth-order valence-corrected chi connectivity index (χ4v) is 1.30. The Bertz CT molecular complexity index is 98.0. The molecule has 0 radical (unpaired) electrons. The molecular formula is C4H9O2PS2Zn2. The van der Waals surface area contributed by atoms with Crippen LogP contribution in [0.4, 0.5) is 0 Å². The number of hydrogen-bond donors (Lipinski definition) is 0. The molecule has 0 spiro atoms. The third-order valence-electron chi connectivity index (χ3n) is 0.604. The van der Waals surface area contributed by atoms with Crippen molar-refractivity contribution in [2.75, 3.05) is 0 Å². The number of rotatable bonds is 2. The van der Waals surface area contributed by atoms with E-state index in [1.807, 2.05) is 0 Å². The molecule has 0 aromatic heterocycles. The average molecular weight is 315 g/mol. The van der Waals surface area contributed by atoms with E-state index in [1.165, 1.54) is 36.2 Å². The first kappa shape index (κ1) is 18.9. The first-order valence-electron chi connectivity index (χ1n) is 2.94. The SMILES string of the molecule is CCC[CH2][Zn+].[O-]P([O-])(=S)[S-].[Zn+2]. The normalized spacial score (nSPS) is 9.27. The van der Waals surface area contributed by atoms with Crippen LogP contribution < -0.4 is 9.79 Å². The summed E-state index contributed by atoms with van der Waals surface area (Å²) in [7, 11) is 0. The van der Waals surface area contributed by atoms with Gasteiger partial charge in [0.2, 0.25) is 0 Å². The molecule has 0 aromatic carbocycles. The molecule has 0 saturated heterocycles. The van der Waals surface area contributed by atoms with E-state index in [-0.39, 0.29) is 19.5 Å². The van der Waals surface area contributed by atoms with Crippen LogP contribution in [0.3, 0.4) is 0 Å². The molecule has 0 amide bonds.